The molecule has 0 aliphatic rings. The lowest BCUT2D eigenvalue weighted by Gasteiger charge is -2.20. The third-order valence-corrected chi connectivity index (χ3v) is 5.58. The first-order valence-electron chi connectivity index (χ1n) is 10.7. The van der Waals surface area contributed by atoms with Crippen LogP contribution in [0.5, 0.6) is 0 Å². The lowest BCUT2D eigenvalue weighted by atomic mass is 10.0. The largest absolute Gasteiger partial charge is 0.341 e. The fourth-order valence-electron chi connectivity index (χ4n) is 4.04. The molecular weight excluding hydrogens is 394 g/mol. The maximum Gasteiger partial charge on any atom is 0.193 e. The molecule has 0 amide bonds. The van der Waals surface area contributed by atoms with Gasteiger partial charge >= 0.3 is 0 Å². The molecule has 0 bridgehead atoms. The zero-order chi connectivity index (χ0) is 21.8. The molecule has 2 aromatic heterocycles. The Labute approximate surface area is 186 Å². The average Bonchev–Trinajstić information content (AvgIpc) is 2.85. The number of aromatic nitrogens is 2. The summed E-state index contributed by atoms with van der Waals surface area (Å²) in [7, 11) is 0. The first-order valence-corrected chi connectivity index (χ1v) is 10.7. The number of para-hydroxylation sites is 2. The number of fused-ring (bicyclic) bond motifs is 1. The van der Waals surface area contributed by atoms with Crippen molar-refractivity contribution in [3.63, 3.8) is 0 Å². The molecule has 4 nitrogen and oxygen atoms in total. The van der Waals surface area contributed by atoms with Gasteiger partial charge in [-0.25, -0.2) is 0 Å². The van der Waals surface area contributed by atoms with Gasteiger partial charge in [-0.15, -0.1) is 0 Å². The molecule has 1 N–H and O–H groups in total. The van der Waals surface area contributed by atoms with Gasteiger partial charge in [0, 0.05) is 29.8 Å². The standard InChI is InChI=1S/C28H23N3O/c32-26-18-27(30-23-12-6-2-7-13-23)31(24-14-8-3-9-15-24)28-22(19-29-20-25(26)28)17-16-21-10-4-1-5-11-21/h1-15,18-20,30H,16-17H2. The van der Waals surface area contributed by atoms with E-state index < -0.39 is 0 Å². The molecule has 0 saturated heterocycles. The van der Waals surface area contributed by atoms with E-state index in [2.05, 4.69) is 51.3 Å². The summed E-state index contributed by atoms with van der Waals surface area (Å²) < 4.78 is 2.13. The van der Waals surface area contributed by atoms with Crippen molar-refractivity contribution in [1.29, 1.82) is 0 Å². The maximum absolute atomic E-state index is 13.1. The van der Waals surface area contributed by atoms with Gasteiger partial charge in [-0.2, -0.15) is 0 Å². The number of hydrogen-bond donors (Lipinski definition) is 1. The minimum absolute atomic E-state index is 0.0420. The Morgan fingerprint density at radius 1 is 0.750 bits per heavy atom. The highest BCUT2D eigenvalue weighted by Gasteiger charge is 2.15. The summed E-state index contributed by atoms with van der Waals surface area (Å²) in [4.78, 5) is 17.5. The number of hydrogen-bond acceptors (Lipinski definition) is 3. The van der Waals surface area contributed by atoms with Crippen LogP contribution in [0.4, 0.5) is 11.5 Å². The van der Waals surface area contributed by atoms with Crippen LogP contribution in [0.25, 0.3) is 16.6 Å². The molecule has 0 saturated carbocycles. The molecule has 0 aliphatic carbocycles. The highest BCUT2D eigenvalue weighted by molar-refractivity contribution is 5.86. The summed E-state index contributed by atoms with van der Waals surface area (Å²) in [5, 5.41) is 4.07. The normalized spacial score (nSPS) is 10.9. The first kappa shape index (κ1) is 19.8. The SMILES string of the molecule is O=c1cc(Nc2ccccc2)n(-c2ccccc2)c2c(CCc3ccccc3)cncc12. The van der Waals surface area contributed by atoms with Crippen molar-refractivity contribution in [2.24, 2.45) is 0 Å². The van der Waals surface area contributed by atoms with E-state index in [1.54, 1.807) is 12.3 Å². The number of aryl methyl sites for hydroxylation is 2. The van der Waals surface area contributed by atoms with E-state index in [0.29, 0.717) is 5.39 Å². The second kappa shape index (κ2) is 8.90. The second-order valence-electron chi connectivity index (χ2n) is 7.74. The molecule has 0 aliphatic heterocycles. The van der Waals surface area contributed by atoms with E-state index in [1.165, 1.54) is 5.56 Å². The van der Waals surface area contributed by atoms with Crippen molar-refractivity contribution in [1.82, 2.24) is 9.55 Å². The smallest absolute Gasteiger partial charge is 0.193 e. The molecule has 0 fully saturated rings. The van der Waals surface area contributed by atoms with Crippen LogP contribution in [-0.4, -0.2) is 9.55 Å². The number of nitrogens with one attached hydrogen (secondary N) is 1. The van der Waals surface area contributed by atoms with Gasteiger partial charge in [-0.3, -0.25) is 14.3 Å². The lowest BCUT2D eigenvalue weighted by Crippen LogP contribution is -2.14. The van der Waals surface area contributed by atoms with Gasteiger partial charge in [0.05, 0.1) is 10.9 Å². The van der Waals surface area contributed by atoms with Crippen LogP contribution in [0.3, 0.4) is 0 Å². The molecule has 0 radical (unpaired) electrons. The topological polar surface area (TPSA) is 46.9 Å². The maximum atomic E-state index is 13.1. The Morgan fingerprint density at radius 2 is 1.41 bits per heavy atom. The molecule has 156 valence electrons. The fourth-order valence-corrected chi connectivity index (χ4v) is 4.04. The quantitative estimate of drug-likeness (QED) is 0.373. The second-order valence-corrected chi connectivity index (χ2v) is 7.74. The van der Waals surface area contributed by atoms with Crippen molar-refractivity contribution in [2.45, 2.75) is 12.8 Å². The van der Waals surface area contributed by atoms with E-state index in [1.807, 2.05) is 60.8 Å². The molecule has 0 unspecified atom stereocenters. The van der Waals surface area contributed by atoms with Gasteiger partial charge in [0.1, 0.15) is 5.82 Å². The number of pyridine rings is 2. The van der Waals surface area contributed by atoms with Crippen molar-refractivity contribution in [3.05, 3.63) is 131 Å². The summed E-state index contributed by atoms with van der Waals surface area (Å²) in [6.07, 6.45) is 5.22. The Kier molecular flexibility index (Phi) is 5.50. The minimum atomic E-state index is -0.0420. The Bertz CT molecular complexity index is 1400. The highest BCUT2D eigenvalue weighted by atomic mass is 16.1. The van der Waals surface area contributed by atoms with Crippen molar-refractivity contribution in [2.75, 3.05) is 5.32 Å². The van der Waals surface area contributed by atoms with Gasteiger partial charge < -0.3 is 5.32 Å². The predicted molar refractivity (Wildman–Crippen MR) is 131 cm³/mol. The van der Waals surface area contributed by atoms with Crippen LogP contribution in [0.1, 0.15) is 11.1 Å². The van der Waals surface area contributed by atoms with Gasteiger partial charge in [-0.1, -0.05) is 66.7 Å². The third kappa shape index (κ3) is 4.03. The lowest BCUT2D eigenvalue weighted by molar-refractivity contribution is 0.945. The molecule has 0 spiro atoms. The first-order chi connectivity index (χ1) is 15.8. The molecule has 5 aromatic rings. The summed E-state index contributed by atoms with van der Waals surface area (Å²) in [6.45, 7) is 0. The van der Waals surface area contributed by atoms with Crippen LogP contribution in [-0.2, 0) is 12.8 Å². The number of benzene rings is 3. The van der Waals surface area contributed by atoms with Gasteiger partial charge in [-0.05, 0) is 48.2 Å². The number of rotatable bonds is 6. The van der Waals surface area contributed by atoms with Crippen LogP contribution < -0.4 is 10.7 Å². The van der Waals surface area contributed by atoms with E-state index in [0.717, 1.165) is 41.1 Å². The molecular formula is C28H23N3O. The van der Waals surface area contributed by atoms with Gasteiger partial charge in [0.2, 0.25) is 0 Å². The van der Waals surface area contributed by atoms with Gasteiger partial charge in [0.15, 0.2) is 5.43 Å². The summed E-state index contributed by atoms with van der Waals surface area (Å²) in [5.41, 5.74) is 5.08. The fraction of sp³-hybridized carbons (Fsp3) is 0.0714. The van der Waals surface area contributed by atoms with Crippen LogP contribution in [0.15, 0.2) is 114 Å². The van der Waals surface area contributed by atoms with Crippen molar-refractivity contribution >= 4 is 22.4 Å². The molecule has 2 heterocycles. The zero-order valence-corrected chi connectivity index (χ0v) is 17.6. The number of anilines is 2. The molecule has 4 heteroatoms. The van der Waals surface area contributed by atoms with E-state index in [9.17, 15) is 4.79 Å². The molecule has 3 aromatic carbocycles. The van der Waals surface area contributed by atoms with Crippen LogP contribution >= 0.6 is 0 Å². The van der Waals surface area contributed by atoms with Gasteiger partial charge in [0.25, 0.3) is 0 Å². The predicted octanol–water partition coefficient (Wildman–Crippen LogP) is 5.91. The van der Waals surface area contributed by atoms with Crippen molar-refractivity contribution in [3.8, 4) is 5.69 Å². The Balaban J connectivity index is 1.70. The average molecular weight is 418 g/mol. The molecule has 5 rings (SSSR count). The summed E-state index contributed by atoms with van der Waals surface area (Å²) >= 11 is 0. The minimum Gasteiger partial charge on any atom is -0.341 e. The van der Waals surface area contributed by atoms with E-state index in [4.69, 9.17) is 0 Å². The molecule has 32 heavy (non-hydrogen) atoms. The molecule has 0 atom stereocenters. The monoisotopic (exact) mass is 417 g/mol. The summed E-state index contributed by atoms with van der Waals surface area (Å²) in [6, 6.07) is 32.1. The van der Waals surface area contributed by atoms with Crippen molar-refractivity contribution < 1.29 is 0 Å². The third-order valence-electron chi connectivity index (χ3n) is 5.58. The van der Waals surface area contributed by atoms with Crippen LogP contribution in [0.2, 0.25) is 0 Å². The number of nitrogens with zero attached hydrogens (tertiary/aromatic N) is 2. The highest BCUT2D eigenvalue weighted by Crippen LogP contribution is 2.27. The summed E-state index contributed by atoms with van der Waals surface area (Å²) in [5.74, 6) is 0.729. The zero-order valence-electron chi connectivity index (χ0n) is 17.6. The van der Waals surface area contributed by atoms with Crippen LogP contribution in [0, 0.1) is 0 Å². The Morgan fingerprint density at radius 3 is 2.12 bits per heavy atom. The Hall–Kier alpha value is -4.18. The van der Waals surface area contributed by atoms with E-state index in [-0.39, 0.29) is 5.43 Å². The van der Waals surface area contributed by atoms with E-state index >= 15 is 0 Å².